The molecule has 6 heterocycles. The van der Waals surface area contributed by atoms with Gasteiger partial charge in [0.1, 0.15) is 11.9 Å². The van der Waals surface area contributed by atoms with E-state index in [0.717, 1.165) is 16.5 Å². The molecule has 1 saturated heterocycles. The number of carbonyl (C=O) groups is 1. The summed E-state index contributed by atoms with van der Waals surface area (Å²) >= 11 is 0. The fraction of sp³-hybridized carbons (Fsp3) is 0.214. The zero-order valence-electron chi connectivity index (χ0n) is 21.2. The highest BCUT2D eigenvalue weighted by Crippen LogP contribution is 2.34. The van der Waals surface area contributed by atoms with Gasteiger partial charge in [-0.25, -0.2) is 19.2 Å². The number of imidazole rings is 1. The van der Waals surface area contributed by atoms with E-state index in [4.69, 9.17) is 9.72 Å². The van der Waals surface area contributed by atoms with Gasteiger partial charge in [0.05, 0.1) is 47.7 Å². The zero-order valence-corrected chi connectivity index (χ0v) is 21.2. The smallest absolute Gasteiger partial charge is 0.322 e. The van der Waals surface area contributed by atoms with Crippen molar-refractivity contribution in [3.8, 4) is 22.6 Å². The molecule has 2 atom stereocenters. The number of anilines is 1. The van der Waals surface area contributed by atoms with E-state index in [2.05, 4.69) is 35.5 Å². The number of nitrogens with one attached hydrogen (secondary N) is 3. The minimum absolute atomic E-state index is 0.189. The van der Waals surface area contributed by atoms with Gasteiger partial charge in [0, 0.05) is 54.3 Å². The highest BCUT2D eigenvalue weighted by Gasteiger charge is 2.25. The molecule has 0 radical (unpaired) electrons. The number of fused-ring (bicyclic) bond motifs is 2. The van der Waals surface area contributed by atoms with Crippen LogP contribution in [0.4, 0.5) is 14.9 Å². The van der Waals surface area contributed by atoms with Gasteiger partial charge in [-0.2, -0.15) is 5.10 Å². The van der Waals surface area contributed by atoms with Gasteiger partial charge >= 0.3 is 6.03 Å². The molecule has 0 spiro atoms. The summed E-state index contributed by atoms with van der Waals surface area (Å²) in [6.07, 6.45) is 14.1. The lowest BCUT2D eigenvalue weighted by atomic mass is 9.91. The SMILES string of the molecule is O=C(Nc1cncc(-c2cnc3[nH]nc(-c4nc5c(C6C=CC=CC6F)cncc5[nH]4)c3c2)c1)N1CCOCC1. The van der Waals surface area contributed by atoms with Crippen molar-refractivity contribution < 1.29 is 13.9 Å². The number of morpholine rings is 1. The maximum absolute atomic E-state index is 14.7. The van der Waals surface area contributed by atoms with Crippen molar-refractivity contribution in [2.75, 3.05) is 31.6 Å². The number of amides is 2. The highest BCUT2D eigenvalue weighted by molar-refractivity contribution is 5.94. The predicted octanol–water partition coefficient (Wildman–Crippen LogP) is 4.37. The van der Waals surface area contributed by atoms with E-state index in [-0.39, 0.29) is 6.03 Å². The van der Waals surface area contributed by atoms with Crippen LogP contribution in [0, 0.1) is 0 Å². The Morgan fingerprint density at radius 2 is 1.85 bits per heavy atom. The van der Waals surface area contributed by atoms with Gasteiger partial charge in [0.2, 0.25) is 0 Å². The molecule has 12 heteroatoms. The number of allylic oxidation sites excluding steroid dienone is 4. The summed E-state index contributed by atoms with van der Waals surface area (Å²) in [5.41, 5.74) is 5.36. The summed E-state index contributed by atoms with van der Waals surface area (Å²) in [6, 6.07) is 3.61. The quantitative estimate of drug-likeness (QED) is 0.310. The van der Waals surface area contributed by atoms with Gasteiger partial charge in [-0.1, -0.05) is 18.2 Å². The molecular weight excluding hydrogens is 513 g/mol. The average molecular weight is 538 g/mol. The Labute approximate surface area is 227 Å². The van der Waals surface area contributed by atoms with Gasteiger partial charge in [-0.15, -0.1) is 0 Å². The molecular formula is C28H24FN9O2. The number of rotatable bonds is 4. The van der Waals surface area contributed by atoms with Gasteiger partial charge in [-0.05, 0) is 18.2 Å². The van der Waals surface area contributed by atoms with Crippen molar-refractivity contribution in [1.29, 1.82) is 0 Å². The number of aromatic amines is 2. The Hall–Kier alpha value is -4.97. The van der Waals surface area contributed by atoms with E-state index in [0.29, 0.717) is 65.8 Å². The molecule has 0 aromatic carbocycles. The lowest BCUT2D eigenvalue weighted by molar-refractivity contribution is 0.0564. The third kappa shape index (κ3) is 4.37. The van der Waals surface area contributed by atoms with Crippen molar-refractivity contribution in [3.63, 3.8) is 0 Å². The standard InChI is InChI=1S/C28H24FN9O2/c29-22-4-2-1-3-19(22)21-14-31-15-23-24(21)35-27(34-23)25-20-10-17(12-32-26(20)37-36-25)16-9-18(13-30-11-16)33-28(39)38-5-7-40-8-6-38/h1-4,9-15,19,22H,5-8H2,(H,33,39)(H,34,35)(H,32,36,37). The molecule has 2 aliphatic rings. The van der Waals surface area contributed by atoms with Crippen LogP contribution < -0.4 is 5.32 Å². The minimum Gasteiger partial charge on any atom is -0.378 e. The van der Waals surface area contributed by atoms with Gasteiger partial charge in [0.15, 0.2) is 11.5 Å². The number of H-pyrrole nitrogens is 2. The van der Waals surface area contributed by atoms with Crippen molar-refractivity contribution in [1.82, 2.24) is 40.0 Å². The van der Waals surface area contributed by atoms with Crippen LogP contribution in [0.15, 0.2) is 67.4 Å². The van der Waals surface area contributed by atoms with Crippen LogP contribution in [0.2, 0.25) is 0 Å². The summed E-state index contributed by atoms with van der Waals surface area (Å²) in [6.45, 7) is 2.15. The summed E-state index contributed by atoms with van der Waals surface area (Å²) < 4.78 is 20.0. The molecule has 1 aliphatic heterocycles. The normalized spacial score (nSPS) is 19.0. The third-order valence-electron chi connectivity index (χ3n) is 7.11. The highest BCUT2D eigenvalue weighted by atomic mass is 19.1. The number of aromatic nitrogens is 7. The van der Waals surface area contributed by atoms with Gasteiger partial charge in [-0.3, -0.25) is 15.1 Å². The summed E-state index contributed by atoms with van der Waals surface area (Å²) in [4.78, 5) is 35.6. The summed E-state index contributed by atoms with van der Waals surface area (Å²) in [5, 5.41) is 11.1. The number of hydrogen-bond acceptors (Lipinski definition) is 7. The fourth-order valence-electron chi connectivity index (χ4n) is 5.04. The Balaban J connectivity index is 1.21. The van der Waals surface area contributed by atoms with E-state index in [1.54, 1.807) is 42.0 Å². The number of urea groups is 1. The molecule has 40 heavy (non-hydrogen) atoms. The van der Waals surface area contributed by atoms with Gasteiger partial charge in [0.25, 0.3) is 0 Å². The first kappa shape index (κ1) is 24.1. The number of nitrogens with zero attached hydrogens (tertiary/aromatic N) is 6. The molecule has 1 aliphatic carbocycles. The van der Waals surface area contributed by atoms with Crippen molar-refractivity contribution in [2.24, 2.45) is 0 Å². The van der Waals surface area contributed by atoms with Crippen molar-refractivity contribution in [3.05, 3.63) is 73.0 Å². The van der Waals surface area contributed by atoms with Crippen LogP contribution >= 0.6 is 0 Å². The van der Waals surface area contributed by atoms with Crippen molar-refractivity contribution >= 4 is 33.8 Å². The number of alkyl halides is 1. The molecule has 2 unspecified atom stereocenters. The lowest BCUT2D eigenvalue weighted by Gasteiger charge is -2.26. The Morgan fingerprint density at radius 3 is 2.73 bits per heavy atom. The molecule has 0 saturated carbocycles. The maximum atomic E-state index is 14.7. The molecule has 5 aromatic heterocycles. The summed E-state index contributed by atoms with van der Waals surface area (Å²) in [7, 11) is 0. The van der Waals surface area contributed by atoms with Crippen molar-refractivity contribution in [2.45, 2.75) is 12.1 Å². The molecule has 200 valence electrons. The first-order valence-corrected chi connectivity index (χ1v) is 12.9. The molecule has 1 fully saturated rings. The topological polar surface area (TPSA) is 138 Å². The molecule has 3 N–H and O–H groups in total. The second-order valence-electron chi connectivity index (χ2n) is 9.63. The van der Waals surface area contributed by atoms with Crippen LogP contribution in [0.25, 0.3) is 44.7 Å². The van der Waals surface area contributed by atoms with E-state index in [1.807, 2.05) is 24.3 Å². The maximum Gasteiger partial charge on any atom is 0.322 e. The fourth-order valence-corrected chi connectivity index (χ4v) is 5.04. The Kier molecular flexibility index (Phi) is 6.00. The summed E-state index contributed by atoms with van der Waals surface area (Å²) in [5.74, 6) is 0.0508. The molecule has 7 rings (SSSR count). The first-order chi connectivity index (χ1) is 19.6. The van der Waals surface area contributed by atoms with Gasteiger partial charge < -0.3 is 19.9 Å². The van der Waals surface area contributed by atoms with E-state index in [9.17, 15) is 9.18 Å². The van der Waals surface area contributed by atoms with Crippen LogP contribution in [-0.2, 0) is 4.74 Å². The number of halogens is 1. The Bertz CT molecular complexity index is 1790. The van der Waals surface area contributed by atoms with Crippen LogP contribution in [0.1, 0.15) is 11.5 Å². The molecule has 2 amide bonds. The van der Waals surface area contributed by atoms with Crippen LogP contribution in [0.5, 0.6) is 0 Å². The first-order valence-electron chi connectivity index (χ1n) is 12.9. The third-order valence-corrected chi connectivity index (χ3v) is 7.11. The largest absolute Gasteiger partial charge is 0.378 e. The molecule has 5 aromatic rings. The second kappa shape index (κ2) is 9.97. The minimum atomic E-state index is -1.15. The predicted molar refractivity (Wildman–Crippen MR) is 147 cm³/mol. The Morgan fingerprint density at radius 1 is 1.02 bits per heavy atom. The number of hydrogen-bond donors (Lipinski definition) is 3. The lowest BCUT2D eigenvalue weighted by Crippen LogP contribution is -2.43. The monoisotopic (exact) mass is 537 g/mol. The van der Waals surface area contributed by atoms with Crippen LogP contribution in [-0.4, -0.2) is 78.5 Å². The zero-order chi connectivity index (χ0) is 27.1. The molecule has 11 nitrogen and oxygen atoms in total. The average Bonchev–Trinajstić information content (AvgIpc) is 3.62. The number of carbonyl (C=O) groups excluding carboxylic acids is 1. The van der Waals surface area contributed by atoms with E-state index >= 15 is 0 Å². The molecule has 0 bridgehead atoms. The second-order valence-corrected chi connectivity index (χ2v) is 9.63. The van der Waals surface area contributed by atoms with E-state index < -0.39 is 12.1 Å². The number of ether oxygens (including phenoxy) is 1. The van der Waals surface area contributed by atoms with Crippen LogP contribution in [0.3, 0.4) is 0 Å². The number of pyridine rings is 3. The van der Waals surface area contributed by atoms with E-state index in [1.165, 1.54) is 6.08 Å².